The van der Waals surface area contributed by atoms with Crippen molar-refractivity contribution in [2.24, 2.45) is 5.92 Å². The summed E-state index contributed by atoms with van der Waals surface area (Å²) < 4.78 is 38.5. The topological polar surface area (TPSA) is 15.3 Å². The number of hydrogen-bond acceptors (Lipinski definition) is 2. The first-order chi connectivity index (χ1) is 9.68. The number of likely N-dealkylation sites (tertiary alicyclic amines) is 1. The zero-order chi connectivity index (χ0) is 15.8. The average Bonchev–Trinajstić information content (AvgIpc) is 2.37. The molecule has 2 nitrogen and oxygen atoms in total. The molecule has 1 fully saturated rings. The largest absolute Gasteiger partial charge is 0.416 e. The highest BCUT2D eigenvalue weighted by molar-refractivity contribution is 5.54. The van der Waals surface area contributed by atoms with Crippen molar-refractivity contribution in [3.05, 3.63) is 29.3 Å². The maximum atomic E-state index is 12.8. The number of nitrogens with one attached hydrogen (secondary N) is 1. The summed E-state index contributed by atoms with van der Waals surface area (Å²) in [4.78, 5) is 2.29. The highest BCUT2D eigenvalue weighted by Gasteiger charge is 2.32. The van der Waals surface area contributed by atoms with Crippen LogP contribution in [0.5, 0.6) is 0 Å². The number of alkyl halides is 3. The Kier molecular flexibility index (Phi) is 4.51. The van der Waals surface area contributed by atoms with E-state index in [-0.39, 0.29) is 6.04 Å². The van der Waals surface area contributed by atoms with Crippen LogP contribution in [0.4, 0.5) is 18.9 Å². The first-order valence-corrected chi connectivity index (χ1v) is 7.33. The summed E-state index contributed by atoms with van der Waals surface area (Å²) in [7, 11) is 2.09. The molecule has 2 rings (SSSR count). The Morgan fingerprint density at radius 2 is 1.90 bits per heavy atom. The minimum atomic E-state index is -4.30. The Morgan fingerprint density at radius 1 is 1.24 bits per heavy atom. The highest BCUT2D eigenvalue weighted by atomic mass is 19.4. The minimum Gasteiger partial charge on any atom is -0.382 e. The molecule has 0 aliphatic carbocycles. The lowest BCUT2D eigenvalue weighted by Gasteiger charge is -2.40. The monoisotopic (exact) mass is 300 g/mol. The van der Waals surface area contributed by atoms with Gasteiger partial charge in [-0.1, -0.05) is 13.0 Å². The van der Waals surface area contributed by atoms with E-state index in [0.717, 1.165) is 24.6 Å². The van der Waals surface area contributed by atoms with Gasteiger partial charge in [0.1, 0.15) is 0 Å². The van der Waals surface area contributed by atoms with Gasteiger partial charge in [-0.25, -0.2) is 0 Å². The molecule has 0 saturated carbocycles. The van der Waals surface area contributed by atoms with Crippen LogP contribution < -0.4 is 5.32 Å². The van der Waals surface area contributed by atoms with Gasteiger partial charge in [-0.3, -0.25) is 0 Å². The molecule has 1 aromatic carbocycles. The maximum absolute atomic E-state index is 12.8. The predicted octanol–water partition coefficient (Wildman–Crippen LogP) is 4.15. The molecule has 5 heteroatoms. The van der Waals surface area contributed by atoms with E-state index in [1.54, 1.807) is 0 Å². The third kappa shape index (κ3) is 3.70. The molecule has 3 unspecified atom stereocenters. The van der Waals surface area contributed by atoms with Crippen LogP contribution in [-0.4, -0.2) is 30.6 Å². The molecular weight excluding hydrogens is 277 g/mol. The predicted molar refractivity (Wildman–Crippen MR) is 79.5 cm³/mol. The van der Waals surface area contributed by atoms with E-state index in [0.29, 0.717) is 17.6 Å². The van der Waals surface area contributed by atoms with E-state index < -0.39 is 11.7 Å². The maximum Gasteiger partial charge on any atom is 0.416 e. The Labute approximate surface area is 124 Å². The number of anilines is 1. The first-order valence-electron chi connectivity index (χ1n) is 7.33. The summed E-state index contributed by atoms with van der Waals surface area (Å²) in [5.41, 5.74) is 0.851. The molecule has 0 bridgehead atoms. The summed E-state index contributed by atoms with van der Waals surface area (Å²) in [6.07, 6.45) is -3.36. The number of nitrogens with zero attached hydrogens (tertiary/aromatic N) is 1. The van der Waals surface area contributed by atoms with Crippen molar-refractivity contribution < 1.29 is 13.2 Å². The molecule has 0 spiro atoms. The molecule has 0 aromatic heterocycles. The van der Waals surface area contributed by atoms with E-state index in [4.69, 9.17) is 0 Å². The van der Waals surface area contributed by atoms with Crippen molar-refractivity contribution in [3.63, 3.8) is 0 Å². The second-order valence-corrected chi connectivity index (χ2v) is 6.28. The van der Waals surface area contributed by atoms with Crippen LogP contribution in [0.3, 0.4) is 0 Å². The summed E-state index contributed by atoms with van der Waals surface area (Å²) in [6.45, 7) is 7.09. The zero-order valence-electron chi connectivity index (χ0n) is 13.0. The molecular formula is C16H23F3N2. The molecule has 1 saturated heterocycles. The summed E-state index contributed by atoms with van der Waals surface area (Å²) >= 11 is 0. The zero-order valence-corrected chi connectivity index (χ0v) is 13.0. The van der Waals surface area contributed by atoms with Crippen LogP contribution in [0, 0.1) is 12.8 Å². The van der Waals surface area contributed by atoms with Crippen LogP contribution in [0.2, 0.25) is 0 Å². The van der Waals surface area contributed by atoms with Gasteiger partial charge in [0, 0.05) is 24.3 Å². The van der Waals surface area contributed by atoms with Gasteiger partial charge in [-0.2, -0.15) is 13.2 Å². The Hall–Kier alpha value is -1.23. The van der Waals surface area contributed by atoms with E-state index in [1.807, 2.05) is 6.92 Å². The van der Waals surface area contributed by atoms with Crippen molar-refractivity contribution in [2.45, 2.75) is 45.5 Å². The fourth-order valence-electron chi connectivity index (χ4n) is 2.90. The van der Waals surface area contributed by atoms with Gasteiger partial charge in [0.15, 0.2) is 0 Å². The molecule has 1 N–H and O–H groups in total. The van der Waals surface area contributed by atoms with Gasteiger partial charge in [0.05, 0.1) is 5.56 Å². The van der Waals surface area contributed by atoms with Gasteiger partial charge in [0.2, 0.25) is 0 Å². The number of benzene rings is 1. The van der Waals surface area contributed by atoms with Crippen molar-refractivity contribution in [1.82, 2.24) is 4.90 Å². The lowest BCUT2D eigenvalue weighted by Crippen LogP contribution is -2.48. The van der Waals surface area contributed by atoms with Crippen molar-refractivity contribution >= 4 is 5.69 Å². The summed E-state index contributed by atoms with van der Waals surface area (Å²) in [5, 5.41) is 3.34. The number of halogens is 3. The highest BCUT2D eigenvalue weighted by Crippen LogP contribution is 2.33. The van der Waals surface area contributed by atoms with Crippen LogP contribution >= 0.6 is 0 Å². The normalized spacial score (nSPS) is 27.7. The second-order valence-electron chi connectivity index (χ2n) is 6.28. The van der Waals surface area contributed by atoms with Gasteiger partial charge in [-0.05, 0) is 50.9 Å². The minimum absolute atomic E-state index is 0.207. The molecule has 1 aromatic rings. The fraction of sp³-hybridized carbons (Fsp3) is 0.625. The van der Waals surface area contributed by atoms with E-state index >= 15 is 0 Å². The third-order valence-electron chi connectivity index (χ3n) is 4.52. The lowest BCUT2D eigenvalue weighted by atomic mass is 9.89. The molecule has 3 atom stereocenters. The van der Waals surface area contributed by atoms with E-state index in [2.05, 4.69) is 31.1 Å². The molecule has 21 heavy (non-hydrogen) atoms. The average molecular weight is 300 g/mol. The fourth-order valence-corrected chi connectivity index (χ4v) is 2.90. The quantitative estimate of drug-likeness (QED) is 0.882. The molecule has 1 aliphatic rings. The van der Waals surface area contributed by atoms with E-state index in [9.17, 15) is 13.2 Å². The Bertz CT molecular complexity index is 499. The third-order valence-corrected chi connectivity index (χ3v) is 4.52. The Balaban J connectivity index is 2.19. The summed E-state index contributed by atoms with van der Waals surface area (Å²) in [6, 6.07) is 4.55. The van der Waals surface area contributed by atoms with Crippen LogP contribution in [0.1, 0.15) is 31.4 Å². The SMILES string of the molecule is Cc1ccc(C(F)(F)F)cc1NC1CC(C)N(C)CC1C. The van der Waals surface area contributed by atoms with Crippen molar-refractivity contribution in [1.29, 1.82) is 0 Å². The molecule has 1 heterocycles. The van der Waals surface area contributed by atoms with E-state index in [1.165, 1.54) is 12.1 Å². The molecule has 0 amide bonds. The second kappa shape index (κ2) is 5.87. The van der Waals surface area contributed by atoms with Gasteiger partial charge in [-0.15, -0.1) is 0 Å². The molecule has 1 aliphatic heterocycles. The first kappa shape index (κ1) is 16.1. The van der Waals surface area contributed by atoms with Crippen LogP contribution in [0.15, 0.2) is 18.2 Å². The van der Waals surface area contributed by atoms with Gasteiger partial charge < -0.3 is 10.2 Å². The van der Waals surface area contributed by atoms with Crippen LogP contribution in [-0.2, 0) is 6.18 Å². The van der Waals surface area contributed by atoms with Crippen LogP contribution in [0.25, 0.3) is 0 Å². The Morgan fingerprint density at radius 3 is 2.52 bits per heavy atom. The summed E-state index contributed by atoms with van der Waals surface area (Å²) in [5.74, 6) is 0.403. The number of rotatable bonds is 2. The van der Waals surface area contributed by atoms with Crippen molar-refractivity contribution in [2.75, 3.05) is 18.9 Å². The number of hydrogen-bond donors (Lipinski definition) is 1. The van der Waals surface area contributed by atoms with Gasteiger partial charge in [0.25, 0.3) is 0 Å². The lowest BCUT2D eigenvalue weighted by molar-refractivity contribution is -0.137. The van der Waals surface area contributed by atoms with Crippen molar-refractivity contribution in [3.8, 4) is 0 Å². The molecule has 0 radical (unpaired) electrons. The standard InChI is InChI=1S/C16H23F3N2/c1-10-5-6-13(16(17,18)19)8-15(10)20-14-7-12(3)21(4)9-11(14)2/h5-6,8,11-12,14,20H,7,9H2,1-4H3. The molecule has 118 valence electrons. The number of aryl methyl sites for hydroxylation is 1. The van der Waals surface area contributed by atoms with Gasteiger partial charge >= 0.3 is 6.18 Å². The number of piperidine rings is 1. The smallest absolute Gasteiger partial charge is 0.382 e.